The molecule has 0 aliphatic carbocycles. The van der Waals surface area contributed by atoms with Crippen LogP contribution in [0.2, 0.25) is 0 Å². The molecule has 0 atom stereocenters. The standard InChI is InChI=1S/C51H32N8O2/c1-58-50(60)39-23-14-24-40(43(39)51(58)61)59-41-29-35(48-54-44(31-15-6-2-7-16-31)52-45(55-48)32-17-8-3-9-18-32)25-27-37(41)38-28-26-36(30-42(38)59)49-56-46(33-19-10-4-11-20-33)53-47(57-49)34-21-12-5-13-22-34/h2-30H,1H3. The SMILES string of the molecule is CN1C(=O)c2cccc(-n3c4cc(-c5nc(-c6ccccc6)nc(-c6ccccc6)n5)ccc4c4ccc(-c5nc(-c6ccccc6)nc(-c6ccccc6)n5)cc43)c2C1=O. The molecular formula is C51H32N8O2. The van der Waals surface area contributed by atoms with Gasteiger partial charge in [-0.1, -0.05) is 152 Å². The Bertz CT molecular complexity index is 3060. The molecular weight excluding hydrogens is 757 g/mol. The molecule has 0 unspecified atom stereocenters. The summed E-state index contributed by atoms with van der Waals surface area (Å²) in [4.78, 5) is 58.3. The molecule has 0 saturated heterocycles. The Kier molecular flexibility index (Phi) is 8.42. The normalized spacial score (nSPS) is 12.4. The van der Waals surface area contributed by atoms with Crippen LogP contribution in [0.5, 0.6) is 0 Å². The lowest BCUT2D eigenvalue weighted by Gasteiger charge is -2.13. The first-order valence-corrected chi connectivity index (χ1v) is 19.8. The molecule has 10 aromatic rings. The number of hydrogen-bond acceptors (Lipinski definition) is 8. The largest absolute Gasteiger partial charge is 0.308 e. The number of benzene rings is 7. The van der Waals surface area contributed by atoms with Crippen LogP contribution in [0.4, 0.5) is 0 Å². The van der Waals surface area contributed by atoms with E-state index in [9.17, 15) is 9.59 Å². The fourth-order valence-corrected chi connectivity index (χ4v) is 8.00. The van der Waals surface area contributed by atoms with Crippen molar-refractivity contribution >= 4 is 33.6 Å². The molecule has 2 amide bonds. The van der Waals surface area contributed by atoms with Gasteiger partial charge >= 0.3 is 0 Å². The Morgan fingerprint density at radius 2 is 0.721 bits per heavy atom. The third kappa shape index (κ3) is 6.13. The molecule has 0 N–H and O–H groups in total. The number of hydrogen-bond donors (Lipinski definition) is 0. The number of fused-ring (bicyclic) bond motifs is 4. The molecule has 7 aromatic carbocycles. The first-order chi connectivity index (χ1) is 30.0. The minimum Gasteiger partial charge on any atom is -0.308 e. The monoisotopic (exact) mass is 788 g/mol. The van der Waals surface area contributed by atoms with Gasteiger partial charge in [-0.15, -0.1) is 0 Å². The van der Waals surface area contributed by atoms with Gasteiger partial charge in [0.25, 0.3) is 11.8 Å². The molecule has 10 nitrogen and oxygen atoms in total. The van der Waals surface area contributed by atoms with Crippen molar-refractivity contribution in [1.29, 1.82) is 0 Å². The van der Waals surface area contributed by atoms with E-state index in [1.54, 1.807) is 6.07 Å². The summed E-state index contributed by atoms with van der Waals surface area (Å²) in [6.07, 6.45) is 0. The van der Waals surface area contributed by atoms with Gasteiger partial charge < -0.3 is 4.57 Å². The van der Waals surface area contributed by atoms with Crippen LogP contribution < -0.4 is 0 Å². The number of carbonyl (C=O) groups excluding carboxylic acids is 2. The van der Waals surface area contributed by atoms with E-state index in [4.69, 9.17) is 29.9 Å². The highest BCUT2D eigenvalue weighted by atomic mass is 16.2. The van der Waals surface area contributed by atoms with Gasteiger partial charge in [-0.05, 0) is 24.3 Å². The third-order valence-electron chi connectivity index (χ3n) is 11.0. The molecule has 0 radical (unpaired) electrons. The lowest BCUT2D eigenvalue weighted by molar-refractivity contribution is 0.0693. The predicted octanol–water partition coefficient (Wildman–Crippen LogP) is 10.4. The van der Waals surface area contributed by atoms with E-state index in [-0.39, 0.29) is 11.8 Å². The van der Waals surface area contributed by atoms with Crippen LogP contribution in [0.25, 0.3) is 95.8 Å². The van der Waals surface area contributed by atoms with E-state index in [0.717, 1.165) is 55.2 Å². The number of carbonyl (C=O) groups is 2. The van der Waals surface area contributed by atoms with Crippen molar-refractivity contribution in [2.75, 3.05) is 7.05 Å². The van der Waals surface area contributed by atoms with Crippen molar-refractivity contribution in [2.24, 2.45) is 0 Å². The summed E-state index contributed by atoms with van der Waals surface area (Å²) in [5, 5.41) is 1.86. The van der Waals surface area contributed by atoms with Gasteiger partial charge in [0.2, 0.25) is 0 Å². The zero-order valence-corrected chi connectivity index (χ0v) is 32.6. The van der Waals surface area contributed by atoms with Crippen molar-refractivity contribution in [1.82, 2.24) is 39.4 Å². The molecule has 0 bridgehead atoms. The minimum absolute atomic E-state index is 0.334. The smallest absolute Gasteiger partial charge is 0.263 e. The summed E-state index contributed by atoms with van der Waals surface area (Å²) < 4.78 is 2.05. The van der Waals surface area contributed by atoms with Crippen molar-refractivity contribution in [3.05, 3.63) is 187 Å². The molecule has 3 aromatic heterocycles. The van der Waals surface area contributed by atoms with Crippen LogP contribution in [0, 0.1) is 0 Å². The maximum atomic E-state index is 13.9. The summed E-state index contributed by atoms with van der Waals surface area (Å²) in [6.45, 7) is 0. The number of rotatable bonds is 7. The molecule has 0 spiro atoms. The molecule has 288 valence electrons. The summed E-state index contributed by atoms with van der Waals surface area (Å²) in [5.41, 5.74) is 7.79. The van der Waals surface area contributed by atoms with E-state index in [2.05, 4.69) is 16.7 Å². The van der Waals surface area contributed by atoms with Gasteiger partial charge in [-0.25, -0.2) is 29.9 Å². The lowest BCUT2D eigenvalue weighted by Crippen LogP contribution is -2.24. The fourth-order valence-electron chi connectivity index (χ4n) is 8.00. The van der Waals surface area contributed by atoms with Gasteiger partial charge in [-0.3, -0.25) is 14.5 Å². The van der Waals surface area contributed by atoms with Crippen LogP contribution in [0.1, 0.15) is 20.7 Å². The molecule has 1 aliphatic rings. The van der Waals surface area contributed by atoms with Crippen LogP contribution in [0.15, 0.2) is 176 Å². The highest BCUT2D eigenvalue weighted by molar-refractivity contribution is 6.23. The van der Waals surface area contributed by atoms with E-state index in [0.29, 0.717) is 51.8 Å². The summed E-state index contributed by atoms with van der Waals surface area (Å²) in [5.74, 6) is 2.45. The molecule has 11 rings (SSSR count). The highest BCUT2D eigenvalue weighted by Crippen LogP contribution is 2.39. The second-order valence-corrected chi connectivity index (χ2v) is 14.7. The molecule has 10 heteroatoms. The van der Waals surface area contributed by atoms with Crippen LogP contribution in [-0.4, -0.2) is 58.2 Å². The first-order valence-electron chi connectivity index (χ1n) is 19.8. The molecule has 4 heterocycles. The Labute approximate surface area is 349 Å². The second-order valence-electron chi connectivity index (χ2n) is 14.7. The fraction of sp³-hybridized carbons (Fsp3) is 0.0196. The van der Waals surface area contributed by atoms with Crippen LogP contribution in [0.3, 0.4) is 0 Å². The number of amides is 2. The first kappa shape index (κ1) is 35.6. The van der Waals surface area contributed by atoms with Crippen molar-refractivity contribution in [3.8, 4) is 74.0 Å². The van der Waals surface area contributed by atoms with Crippen molar-refractivity contribution in [3.63, 3.8) is 0 Å². The van der Waals surface area contributed by atoms with E-state index in [1.807, 2.05) is 158 Å². The zero-order chi connectivity index (χ0) is 41.0. The number of aromatic nitrogens is 7. The molecule has 61 heavy (non-hydrogen) atoms. The Balaban J connectivity index is 1.17. The maximum Gasteiger partial charge on any atom is 0.263 e. The summed E-state index contributed by atoms with van der Waals surface area (Å²) in [6, 6.07) is 57.0. The summed E-state index contributed by atoms with van der Waals surface area (Å²) in [7, 11) is 1.52. The minimum atomic E-state index is -0.368. The summed E-state index contributed by atoms with van der Waals surface area (Å²) >= 11 is 0. The average molecular weight is 789 g/mol. The Morgan fingerprint density at radius 1 is 0.361 bits per heavy atom. The molecule has 0 saturated carbocycles. The van der Waals surface area contributed by atoms with Crippen LogP contribution in [-0.2, 0) is 0 Å². The van der Waals surface area contributed by atoms with Gasteiger partial charge in [-0.2, -0.15) is 0 Å². The van der Waals surface area contributed by atoms with E-state index >= 15 is 0 Å². The maximum absolute atomic E-state index is 13.9. The van der Waals surface area contributed by atoms with Gasteiger partial charge in [0, 0.05) is 51.2 Å². The van der Waals surface area contributed by atoms with E-state index in [1.165, 1.54) is 11.9 Å². The van der Waals surface area contributed by atoms with Crippen LogP contribution >= 0.6 is 0 Å². The van der Waals surface area contributed by atoms with Crippen molar-refractivity contribution in [2.45, 2.75) is 0 Å². The van der Waals surface area contributed by atoms with E-state index < -0.39 is 0 Å². The van der Waals surface area contributed by atoms with Crippen molar-refractivity contribution < 1.29 is 9.59 Å². The molecule has 1 aliphatic heterocycles. The second kappa shape index (κ2) is 14.4. The zero-order valence-electron chi connectivity index (χ0n) is 32.6. The Hall–Kier alpha value is -8.50. The third-order valence-corrected chi connectivity index (χ3v) is 11.0. The van der Waals surface area contributed by atoms with Gasteiger partial charge in [0.15, 0.2) is 34.9 Å². The van der Waals surface area contributed by atoms with Gasteiger partial charge in [0.05, 0.1) is 27.8 Å². The average Bonchev–Trinajstić information content (AvgIpc) is 3.77. The number of imide groups is 1. The highest BCUT2D eigenvalue weighted by Gasteiger charge is 2.36. The molecule has 0 fully saturated rings. The quantitative estimate of drug-likeness (QED) is 0.146. The topological polar surface area (TPSA) is 120 Å². The predicted molar refractivity (Wildman–Crippen MR) is 237 cm³/mol. The van der Waals surface area contributed by atoms with Gasteiger partial charge in [0.1, 0.15) is 0 Å². The lowest BCUT2D eigenvalue weighted by atomic mass is 10.1. The number of nitrogens with zero attached hydrogens (tertiary/aromatic N) is 8. The Morgan fingerprint density at radius 3 is 1.10 bits per heavy atom.